The monoisotopic (exact) mass is 486 g/mol. The van der Waals surface area contributed by atoms with E-state index < -0.39 is 5.60 Å². The minimum atomic E-state index is -0.507. The zero-order valence-electron chi connectivity index (χ0n) is 21.3. The molecule has 0 aliphatic carbocycles. The first-order valence-electron chi connectivity index (χ1n) is 12.2. The van der Waals surface area contributed by atoms with Crippen molar-refractivity contribution in [3.63, 3.8) is 0 Å². The van der Waals surface area contributed by atoms with Gasteiger partial charge < -0.3 is 9.47 Å². The summed E-state index contributed by atoms with van der Waals surface area (Å²) in [7, 11) is 0. The van der Waals surface area contributed by atoms with E-state index in [1.54, 1.807) is 12.3 Å². The maximum atomic E-state index is 12.3. The maximum absolute atomic E-state index is 12.3. The van der Waals surface area contributed by atoms with Gasteiger partial charge in [0.15, 0.2) is 0 Å². The Morgan fingerprint density at radius 1 is 0.972 bits per heavy atom. The smallest absolute Gasteiger partial charge is 0.306 e. The third kappa shape index (κ3) is 9.95. The molecule has 3 aromatic rings. The molecule has 2 aromatic carbocycles. The van der Waals surface area contributed by atoms with Crippen LogP contribution in [-0.2, 0) is 44.9 Å². The Hall–Kier alpha value is -3.60. The number of hydrogen-bond donors (Lipinski definition) is 0. The molecule has 0 saturated carbocycles. The number of rotatable bonds is 12. The van der Waals surface area contributed by atoms with Crippen molar-refractivity contribution in [2.75, 3.05) is 6.54 Å². The van der Waals surface area contributed by atoms with Gasteiger partial charge in [-0.1, -0.05) is 54.6 Å². The van der Waals surface area contributed by atoms with Crippen molar-refractivity contribution in [2.24, 2.45) is 4.99 Å². The second kappa shape index (κ2) is 13.5. The van der Waals surface area contributed by atoms with Crippen LogP contribution in [0.15, 0.2) is 78.0 Å². The number of esters is 1. The fourth-order valence-corrected chi connectivity index (χ4v) is 3.95. The van der Waals surface area contributed by atoms with E-state index in [0.717, 1.165) is 34.2 Å². The van der Waals surface area contributed by atoms with E-state index in [1.165, 1.54) is 0 Å². The maximum Gasteiger partial charge on any atom is 0.306 e. The molecular formula is C30H34N2O4. The average molecular weight is 487 g/mol. The van der Waals surface area contributed by atoms with Crippen LogP contribution in [0.1, 0.15) is 55.0 Å². The van der Waals surface area contributed by atoms with E-state index in [9.17, 15) is 9.59 Å². The highest BCUT2D eigenvalue weighted by Crippen LogP contribution is 2.19. The predicted molar refractivity (Wildman–Crippen MR) is 139 cm³/mol. The van der Waals surface area contributed by atoms with Gasteiger partial charge in [0.25, 0.3) is 0 Å². The molecule has 0 radical (unpaired) electrons. The second-order valence-electron chi connectivity index (χ2n) is 9.84. The molecule has 1 aromatic heterocycles. The van der Waals surface area contributed by atoms with Crippen molar-refractivity contribution < 1.29 is 19.1 Å². The van der Waals surface area contributed by atoms with Crippen LogP contribution in [-0.4, -0.2) is 35.3 Å². The number of ether oxygens (including phenoxy) is 2. The molecule has 0 aliphatic rings. The third-order valence-electron chi connectivity index (χ3n) is 5.43. The van der Waals surface area contributed by atoms with Crippen molar-refractivity contribution in [3.05, 3.63) is 101 Å². The highest BCUT2D eigenvalue weighted by atomic mass is 16.6. The molecule has 0 N–H and O–H groups in total. The van der Waals surface area contributed by atoms with Crippen molar-refractivity contribution in [1.29, 1.82) is 0 Å². The largest absolute Gasteiger partial charge is 0.460 e. The minimum absolute atomic E-state index is 0.217. The topological polar surface area (TPSA) is 77.9 Å². The van der Waals surface area contributed by atoms with Crippen LogP contribution < -0.4 is 0 Å². The Labute approximate surface area is 213 Å². The highest BCUT2D eigenvalue weighted by Gasteiger charge is 2.17. The summed E-state index contributed by atoms with van der Waals surface area (Å²) in [5.41, 5.74) is 4.90. The number of aromatic nitrogens is 1. The molecule has 1 unspecified atom stereocenters. The fourth-order valence-electron chi connectivity index (χ4n) is 3.95. The summed E-state index contributed by atoms with van der Waals surface area (Å²) in [6.07, 6.45) is 7.15. The standard InChI is InChI=1S/C30H34N2O4/c1-30(2,3)36-29(34)12-11-24-14-26(16-25-10-7-13-31-19-25)17-27(15-24)18-28(20-32-22-33)35-21-23-8-5-4-6-9-23/h4-10,13-15,17,19,28H,11-12,16,18,20-21H2,1-3H3. The van der Waals surface area contributed by atoms with Gasteiger partial charge in [-0.3, -0.25) is 9.78 Å². The minimum Gasteiger partial charge on any atom is -0.460 e. The molecule has 188 valence electrons. The SMILES string of the molecule is CC(C)(C)OC(=O)CCc1cc(Cc2cccnc2)cc(CC(CN=C=O)OCc2ccccc2)c1. The van der Waals surface area contributed by atoms with Gasteiger partial charge in [-0.25, -0.2) is 9.79 Å². The van der Waals surface area contributed by atoms with Gasteiger partial charge in [-0.15, -0.1) is 0 Å². The van der Waals surface area contributed by atoms with Gasteiger partial charge in [0.2, 0.25) is 6.08 Å². The highest BCUT2D eigenvalue weighted by molar-refractivity contribution is 5.70. The van der Waals surface area contributed by atoms with Gasteiger partial charge >= 0.3 is 5.97 Å². The number of aryl methyl sites for hydroxylation is 1. The predicted octanol–water partition coefficient (Wildman–Crippen LogP) is 5.41. The van der Waals surface area contributed by atoms with Crippen LogP contribution in [0.5, 0.6) is 0 Å². The van der Waals surface area contributed by atoms with Gasteiger partial charge in [0.05, 0.1) is 19.3 Å². The number of carbonyl (C=O) groups is 1. The summed E-state index contributed by atoms with van der Waals surface area (Å²) in [5.74, 6) is -0.217. The Morgan fingerprint density at radius 2 is 1.69 bits per heavy atom. The first-order valence-corrected chi connectivity index (χ1v) is 12.2. The Balaban J connectivity index is 1.78. The van der Waals surface area contributed by atoms with Crippen LogP contribution >= 0.6 is 0 Å². The summed E-state index contributed by atoms with van der Waals surface area (Å²) < 4.78 is 11.6. The number of benzene rings is 2. The van der Waals surface area contributed by atoms with Crippen molar-refractivity contribution in [2.45, 2.75) is 64.8 Å². The quantitative estimate of drug-likeness (QED) is 0.194. The summed E-state index contributed by atoms with van der Waals surface area (Å²) in [6, 6.07) is 20.2. The second-order valence-corrected chi connectivity index (χ2v) is 9.84. The third-order valence-corrected chi connectivity index (χ3v) is 5.43. The van der Waals surface area contributed by atoms with E-state index in [4.69, 9.17) is 9.47 Å². The fraction of sp³-hybridized carbons (Fsp3) is 0.367. The number of pyridine rings is 1. The molecule has 3 rings (SSSR count). The molecule has 0 saturated heterocycles. The van der Waals surface area contributed by atoms with Crippen molar-refractivity contribution >= 4 is 12.0 Å². The van der Waals surface area contributed by atoms with E-state index >= 15 is 0 Å². The summed E-state index contributed by atoms with van der Waals surface area (Å²) >= 11 is 0. The lowest BCUT2D eigenvalue weighted by atomic mass is 9.96. The number of hydrogen-bond acceptors (Lipinski definition) is 6. The molecule has 0 spiro atoms. The Morgan fingerprint density at radius 3 is 2.39 bits per heavy atom. The number of carbonyl (C=O) groups excluding carboxylic acids is 2. The molecule has 6 heteroatoms. The molecule has 0 fully saturated rings. The van der Waals surface area contributed by atoms with E-state index in [1.807, 2.05) is 69.4 Å². The van der Waals surface area contributed by atoms with Crippen LogP contribution in [0.3, 0.4) is 0 Å². The van der Waals surface area contributed by atoms with Crippen LogP contribution in [0.4, 0.5) is 0 Å². The molecular weight excluding hydrogens is 452 g/mol. The number of aliphatic imine (C=N–C) groups is 1. The number of isocyanates is 1. The summed E-state index contributed by atoms with van der Waals surface area (Å²) in [6.45, 7) is 6.27. The lowest BCUT2D eigenvalue weighted by Gasteiger charge is -2.20. The average Bonchev–Trinajstić information content (AvgIpc) is 2.84. The number of nitrogens with zero attached hydrogens (tertiary/aromatic N) is 2. The van der Waals surface area contributed by atoms with Crippen LogP contribution in [0, 0.1) is 0 Å². The van der Waals surface area contributed by atoms with E-state index in [0.29, 0.717) is 25.9 Å². The van der Waals surface area contributed by atoms with Gasteiger partial charge in [0.1, 0.15) is 5.60 Å². The molecule has 36 heavy (non-hydrogen) atoms. The molecule has 6 nitrogen and oxygen atoms in total. The molecule has 1 atom stereocenters. The molecule has 0 aliphatic heterocycles. The van der Waals surface area contributed by atoms with Gasteiger partial charge in [0, 0.05) is 25.2 Å². The summed E-state index contributed by atoms with van der Waals surface area (Å²) in [5, 5.41) is 0. The Bertz CT molecular complexity index is 1150. The molecule has 1 heterocycles. The van der Waals surface area contributed by atoms with E-state index in [-0.39, 0.29) is 18.6 Å². The van der Waals surface area contributed by atoms with Crippen molar-refractivity contribution in [1.82, 2.24) is 4.98 Å². The zero-order chi connectivity index (χ0) is 25.8. The molecule has 0 bridgehead atoms. The Kier molecular flexibility index (Phi) is 10.1. The van der Waals surface area contributed by atoms with E-state index in [2.05, 4.69) is 28.2 Å². The van der Waals surface area contributed by atoms with Crippen LogP contribution in [0.25, 0.3) is 0 Å². The normalized spacial score (nSPS) is 12.0. The zero-order valence-corrected chi connectivity index (χ0v) is 21.3. The van der Waals surface area contributed by atoms with Gasteiger partial charge in [-0.05, 0) is 67.5 Å². The lowest BCUT2D eigenvalue weighted by Crippen LogP contribution is -2.24. The van der Waals surface area contributed by atoms with Crippen molar-refractivity contribution in [3.8, 4) is 0 Å². The lowest BCUT2D eigenvalue weighted by molar-refractivity contribution is -0.154. The first-order chi connectivity index (χ1) is 17.3. The summed E-state index contributed by atoms with van der Waals surface area (Å²) in [4.78, 5) is 31.1. The van der Waals surface area contributed by atoms with Crippen LogP contribution in [0.2, 0.25) is 0 Å². The van der Waals surface area contributed by atoms with Gasteiger partial charge in [-0.2, -0.15) is 0 Å². The first kappa shape index (κ1) is 27.0. The molecule has 0 amide bonds.